The maximum Gasteiger partial charge on any atom is 0.309 e. The van der Waals surface area contributed by atoms with Crippen molar-refractivity contribution in [3.63, 3.8) is 0 Å². The van der Waals surface area contributed by atoms with E-state index in [1.54, 1.807) is 4.90 Å². The molecular weight excluding hydrogens is 304 g/mol. The molecule has 1 heterocycles. The summed E-state index contributed by atoms with van der Waals surface area (Å²) in [5.74, 6) is -2.51. The highest BCUT2D eigenvalue weighted by Crippen LogP contribution is 2.21. The van der Waals surface area contributed by atoms with Gasteiger partial charge in [-0.05, 0) is 37.0 Å². The molecule has 0 radical (unpaired) electrons. The smallest absolute Gasteiger partial charge is 0.309 e. The van der Waals surface area contributed by atoms with Crippen LogP contribution in [0.25, 0.3) is 0 Å². The van der Waals surface area contributed by atoms with Crippen LogP contribution >= 0.6 is 0 Å². The molecule has 0 unspecified atom stereocenters. The van der Waals surface area contributed by atoms with Crippen molar-refractivity contribution >= 4 is 11.9 Å². The number of hydrogen-bond acceptors (Lipinski definition) is 3. The van der Waals surface area contributed by atoms with Crippen molar-refractivity contribution < 1.29 is 23.1 Å². The Hall–Kier alpha value is -1.98. The Balaban J connectivity index is 1.89. The summed E-state index contributed by atoms with van der Waals surface area (Å²) in [7, 11) is 0. The van der Waals surface area contributed by atoms with Gasteiger partial charge in [0.05, 0.1) is 12.5 Å². The minimum Gasteiger partial charge on any atom is -0.465 e. The molecule has 1 fully saturated rings. The molecule has 0 saturated carbocycles. The molecule has 0 bridgehead atoms. The molecule has 1 amide bonds. The normalized spacial score (nSPS) is 15.8. The average molecular weight is 325 g/mol. The van der Waals surface area contributed by atoms with Crippen molar-refractivity contribution in [1.82, 2.24) is 4.90 Å². The first-order chi connectivity index (χ1) is 10.9. The molecule has 1 aromatic carbocycles. The number of hydrogen-bond donors (Lipinski definition) is 0. The maximum absolute atomic E-state index is 13.2. The predicted molar refractivity (Wildman–Crippen MR) is 80.8 cm³/mol. The molecular formula is C17H21F2NO3. The Morgan fingerprint density at radius 2 is 1.87 bits per heavy atom. The summed E-state index contributed by atoms with van der Waals surface area (Å²) < 4.78 is 31.4. The molecule has 1 aromatic rings. The Morgan fingerprint density at radius 1 is 1.22 bits per heavy atom. The molecule has 1 saturated heterocycles. The first-order valence-corrected chi connectivity index (χ1v) is 7.79. The van der Waals surface area contributed by atoms with Crippen LogP contribution in [-0.4, -0.2) is 36.5 Å². The van der Waals surface area contributed by atoms with E-state index >= 15 is 0 Å². The number of likely N-dealkylation sites (tertiary alicyclic amines) is 1. The van der Waals surface area contributed by atoms with Gasteiger partial charge in [0, 0.05) is 18.7 Å². The quantitative estimate of drug-likeness (QED) is 0.800. The van der Waals surface area contributed by atoms with Gasteiger partial charge in [-0.25, -0.2) is 8.78 Å². The number of ether oxygens (including phenoxy) is 1. The van der Waals surface area contributed by atoms with Crippen LogP contribution in [0.3, 0.4) is 0 Å². The second-order valence-electron chi connectivity index (χ2n) is 6.22. The van der Waals surface area contributed by atoms with Gasteiger partial charge in [-0.2, -0.15) is 0 Å². The summed E-state index contributed by atoms with van der Waals surface area (Å²) >= 11 is 0. The van der Waals surface area contributed by atoms with Crippen molar-refractivity contribution in [1.29, 1.82) is 0 Å². The second-order valence-corrected chi connectivity index (χ2v) is 6.22. The minimum absolute atomic E-state index is 0.115. The molecule has 0 spiro atoms. The molecule has 4 nitrogen and oxygen atoms in total. The zero-order valence-corrected chi connectivity index (χ0v) is 13.4. The Morgan fingerprint density at radius 3 is 2.43 bits per heavy atom. The lowest BCUT2D eigenvalue weighted by Gasteiger charge is -2.31. The van der Waals surface area contributed by atoms with Gasteiger partial charge in [0.25, 0.3) is 5.91 Å². The Kier molecular flexibility index (Phi) is 5.69. The van der Waals surface area contributed by atoms with E-state index in [0.717, 1.165) is 12.1 Å². The summed E-state index contributed by atoms with van der Waals surface area (Å²) in [5.41, 5.74) is 0.115. The largest absolute Gasteiger partial charge is 0.465 e. The fourth-order valence-electron chi connectivity index (χ4n) is 2.50. The van der Waals surface area contributed by atoms with Crippen LogP contribution in [0.1, 0.15) is 37.0 Å². The van der Waals surface area contributed by atoms with Gasteiger partial charge < -0.3 is 9.64 Å². The number of carbonyl (C=O) groups is 2. The van der Waals surface area contributed by atoms with E-state index in [2.05, 4.69) is 0 Å². The van der Waals surface area contributed by atoms with Crippen LogP contribution in [0.4, 0.5) is 8.78 Å². The van der Waals surface area contributed by atoms with E-state index in [1.807, 2.05) is 13.8 Å². The monoisotopic (exact) mass is 325 g/mol. The van der Waals surface area contributed by atoms with E-state index in [0.29, 0.717) is 32.5 Å². The van der Waals surface area contributed by atoms with Crippen LogP contribution in [-0.2, 0) is 9.53 Å². The molecule has 23 heavy (non-hydrogen) atoms. The lowest BCUT2D eigenvalue weighted by Crippen LogP contribution is -2.40. The van der Waals surface area contributed by atoms with Crippen molar-refractivity contribution in [2.24, 2.45) is 11.8 Å². The van der Waals surface area contributed by atoms with E-state index in [-0.39, 0.29) is 29.3 Å². The number of carbonyl (C=O) groups excluding carboxylic acids is 2. The van der Waals surface area contributed by atoms with E-state index in [1.165, 1.54) is 6.07 Å². The predicted octanol–water partition coefficient (Wildman–Crippen LogP) is 3.02. The Bertz CT molecular complexity index is 581. The third kappa shape index (κ3) is 4.50. The number of rotatable bonds is 4. The average Bonchev–Trinajstić information content (AvgIpc) is 2.54. The van der Waals surface area contributed by atoms with Crippen LogP contribution in [0, 0.1) is 23.5 Å². The molecule has 126 valence electrons. The third-order valence-electron chi connectivity index (χ3n) is 3.84. The van der Waals surface area contributed by atoms with E-state index in [9.17, 15) is 18.4 Å². The van der Waals surface area contributed by atoms with Gasteiger partial charge in [-0.3, -0.25) is 9.59 Å². The van der Waals surface area contributed by atoms with E-state index in [4.69, 9.17) is 4.74 Å². The molecule has 1 aliphatic rings. The summed E-state index contributed by atoms with van der Waals surface area (Å²) in [4.78, 5) is 25.7. The molecule has 0 aromatic heterocycles. The van der Waals surface area contributed by atoms with Gasteiger partial charge in [-0.15, -0.1) is 0 Å². The summed E-state index contributed by atoms with van der Waals surface area (Å²) in [6, 6.07) is 3.11. The SMILES string of the molecule is CC(C)COC(=O)C1CCN(C(=O)c2ccc(F)c(F)c2)CC1. The van der Waals surface area contributed by atoms with Gasteiger partial charge >= 0.3 is 5.97 Å². The van der Waals surface area contributed by atoms with Crippen LogP contribution < -0.4 is 0 Å². The molecule has 0 atom stereocenters. The number of amides is 1. The van der Waals surface area contributed by atoms with E-state index < -0.39 is 11.6 Å². The number of piperidine rings is 1. The number of esters is 1. The van der Waals surface area contributed by atoms with Gasteiger partial charge in [0.1, 0.15) is 0 Å². The maximum atomic E-state index is 13.2. The summed E-state index contributed by atoms with van der Waals surface area (Å²) in [5, 5.41) is 0. The van der Waals surface area contributed by atoms with Gasteiger partial charge in [-0.1, -0.05) is 13.8 Å². The zero-order valence-electron chi connectivity index (χ0n) is 13.4. The van der Waals surface area contributed by atoms with Crippen molar-refractivity contribution in [3.8, 4) is 0 Å². The highest BCUT2D eigenvalue weighted by Gasteiger charge is 2.29. The highest BCUT2D eigenvalue weighted by molar-refractivity contribution is 5.94. The molecule has 1 aliphatic heterocycles. The molecule has 2 rings (SSSR count). The molecule has 0 aliphatic carbocycles. The lowest BCUT2D eigenvalue weighted by molar-refractivity contribution is -0.151. The highest BCUT2D eigenvalue weighted by atomic mass is 19.2. The first-order valence-electron chi connectivity index (χ1n) is 7.79. The summed E-state index contributed by atoms with van der Waals surface area (Å²) in [6.07, 6.45) is 1.04. The van der Waals surface area contributed by atoms with Crippen LogP contribution in [0.2, 0.25) is 0 Å². The number of halogens is 2. The zero-order chi connectivity index (χ0) is 17.0. The number of nitrogens with zero attached hydrogens (tertiary/aromatic N) is 1. The van der Waals surface area contributed by atoms with Crippen LogP contribution in [0.5, 0.6) is 0 Å². The lowest BCUT2D eigenvalue weighted by atomic mass is 9.96. The Labute approximate surface area is 134 Å². The summed E-state index contributed by atoms with van der Waals surface area (Å²) in [6.45, 7) is 5.14. The fraction of sp³-hybridized carbons (Fsp3) is 0.529. The number of benzene rings is 1. The van der Waals surface area contributed by atoms with Gasteiger partial charge in [0.15, 0.2) is 11.6 Å². The van der Waals surface area contributed by atoms with Crippen molar-refractivity contribution in [2.75, 3.05) is 19.7 Å². The standard InChI is InChI=1S/C17H21F2NO3/c1-11(2)10-23-17(22)12-5-7-20(8-6-12)16(21)13-3-4-14(18)15(19)9-13/h3-4,9,11-12H,5-8,10H2,1-2H3. The molecule has 0 N–H and O–H groups in total. The first kappa shape index (κ1) is 17.4. The van der Waals surface area contributed by atoms with Crippen molar-refractivity contribution in [2.45, 2.75) is 26.7 Å². The third-order valence-corrected chi connectivity index (χ3v) is 3.84. The minimum atomic E-state index is -1.04. The topological polar surface area (TPSA) is 46.6 Å². The fourth-order valence-corrected chi connectivity index (χ4v) is 2.50. The molecule has 6 heteroatoms. The van der Waals surface area contributed by atoms with Crippen LogP contribution in [0.15, 0.2) is 18.2 Å². The van der Waals surface area contributed by atoms with Gasteiger partial charge in [0.2, 0.25) is 0 Å². The van der Waals surface area contributed by atoms with Crippen molar-refractivity contribution in [3.05, 3.63) is 35.4 Å². The second kappa shape index (κ2) is 7.53.